The van der Waals surface area contributed by atoms with E-state index in [0.29, 0.717) is 11.7 Å². The molecule has 0 aromatic carbocycles. The summed E-state index contributed by atoms with van der Waals surface area (Å²) in [6, 6.07) is 0. The predicted octanol–water partition coefficient (Wildman–Crippen LogP) is 0.965. The van der Waals surface area contributed by atoms with E-state index < -0.39 is 0 Å². The predicted molar refractivity (Wildman–Crippen MR) is 43.3 cm³/mol. The van der Waals surface area contributed by atoms with Gasteiger partial charge in [0.2, 0.25) is 0 Å². The Labute approximate surface area is 67.4 Å². The largest absolute Gasteiger partial charge is 0.316 e. The molecule has 0 bridgehead atoms. The summed E-state index contributed by atoms with van der Waals surface area (Å²) in [5.74, 6) is 0.947. The Morgan fingerprint density at radius 2 is 2.27 bits per heavy atom. The van der Waals surface area contributed by atoms with Crippen molar-refractivity contribution in [1.82, 2.24) is 5.32 Å². The molecule has 2 aliphatic rings. The summed E-state index contributed by atoms with van der Waals surface area (Å²) >= 11 is 0. The molecule has 0 aromatic rings. The van der Waals surface area contributed by atoms with Gasteiger partial charge in [-0.05, 0) is 25.8 Å². The average Bonchev–Trinajstić information content (AvgIpc) is 2.74. The number of hydrogen-bond donors (Lipinski definition) is 1. The van der Waals surface area contributed by atoms with E-state index in [-0.39, 0.29) is 5.41 Å². The van der Waals surface area contributed by atoms with Gasteiger partial charge in [-0.3, -0.25) is 4.79 Å². The maximum absolute atomic E-state index is 11.7. The first-order valence-electron chi connectivity index (χ1n) is 4.47. The van der Waals surface area contributed by atoms with Crippen molar-refractivity contribution in [2.24, 2.45) is 11.3 Å². The smallest absolute Gasteiger partial charge is 0.143 e. The van der Waals surface area contributed by atoms with Crippen LogP contribution < -0.4 is 5.32 Å². The van der Waals surface area contributed by atoms with E-state index in [9.17, 15) is 4.79 Å². The lowest BCUT2D eigenvalue weighted by molar-refractivity contribution is -0.128. The lowest BCUT2D eigenvalue weighted by Gasteiger charge is -2.20. The van der Waals surface area contributed by atoms with Crippen molar-refractivity contribution in [1.29, 1.82) is 0 Å². The number of ketones is 1. The number of hydrogen-bond acceptors (Lipinski definition) is 2. The fourth-order valence-corrected chi connectivity index (χ4v) is 1.87. The Morgan fingerprint density at radius 1 is 1.55 bits per heavy atom. The molecule has 1 saturated heterocycles. The lowest BCUT2D eigenvalue weighted by Crippen LogP contribution is -2.31. The van der Waals surface area contributed by atoms with Gasteiger partial charge >= 0.3 is 0 Å². The second-order valence-electron chi connectivity index (χ2n) is 4.13. The van der Waals surface area contributed by atoms with Crippen LogP contribution in [0.5, 0.6) is 0 Å². The third kappa shape index (κ3) is 1.20. The zero-order valence-electron chi connectivity index (χ0n) is 7.02. The monoisotopic (exact) mass is 153 g/mol. The van der Waals surface area contributed by atoms with Crippen molar-refractivity contribution < 1.29 is 4.79 Å². The molecule has 2 rings (SSSR count). The summed E-state index contributed by atoms with van der Waals surface area (Å²) in [7, 11) is 0. The zero-order valence-corrected chi connectivity index (χ0v) is 7.02. The Balaban J connectivity index is 2.05. The van der Waals surface area contributed by atoms with Crippen LogP contribution in [-0.4, -0.2) is 18.9 Å². The van der Waals surface area contributed by atoms with Gasteiger partial charge in [0.15, 0.2) is 0 Å². The average molecular weight is 153 g/mol. The van der Waals surface area contributed by atoms with Crippen LogP contribution in [0.15, 0.2) is 0 Å². The van der Waals surface area contributed by atoms with Crippen LogP contribution in [0.3, 0.4) is 0 Å². The molecular formula is C9H15NO. The number of carbonyl (C=O) groups is 1. The molecule has 0 aromatic heterocycles. The molecular weight excluding hydrogens is 138 g/mol. The van der Waals surface area contributed by atoms with Crippen molar-refractivity contribution in [3.8, 4) is 0 Å². The molecule has 2 fully saturated rings. The molecule has 11 heavy (non-hydrogen) atoms. The molecule has 1 aliphatic carbocycles. The molecule has 1 saturated carbocycles. The molecule has 0 amide bonds. The summed E-state index contributed by atoms with van der Waals surface area (Å²) in [4.78, 5) is 11.7. The van der Waals surface area contributed by atoms with Gasteiger partial charge in [-0.2, -0.15) is 0 Å². The van der Waals surface area contributed by atoms with Crippen molar-refractivity contribution in [2.45, 2.75) is 26.2 Å². The van der Waals surface area contributed by atoms with Gasteiger partial charge < -0.3 is 5.32 Å². The van der Waals surface area contributed by atoms with Crippen molar-refractivity contribution in [3.63, 3.8) is 0 Å². The number of nitrogens with one attached hydrogen (secondary N) is 1. The number of Topliss-reactive ketones (excluding diaryl/α,β-unsaturated/α-hetero) is 1. The van der Waals surface area contributed by atoms with Crippen LogP contribution in [0.2, 0.25) is 0 Å². The minimum Gasteiger partial charge on any atom is -0.316 e. The van der Waals surface area contributed by atoms with E-state index >= 15 is 0 Å². The fourth-order valence-electron chi connectivity index (χ4n) is 1.87. The summed E-state index contributed by atoms with van der Waals surface area (Å²) in [6.45, 7) is 4.03. The highest BCUT2D eigenvalue weighted by atomic mass is 16.1. The molecule has 2 heteroatoms. The van der Waals surface area contributed by atoms with Gasteiger partial charge in [0.1, 0.15) is 5.78 Å². The molecule has 0 radical (unpaired) electrons. The third-order valence-electron chi connectivity index (χ3n) is 2.91. The maximum Gasteiger partial charge on any atom is 0.143 e. The van der Waals surface area contributed by atoms with Gasteiger partial charge in [-0.1, -0.05) is 6.92 Å². The highest BCUT2D eigenvalue weighted by molar-refractivity contribution is 5.89. The molecule has 1 unspecified atom stereocenters. The van der Waals surface area contributed by atoms with Crippen molar-refractivity contribution in [3.05, 3.63) is 0 Å². The van der Waals surface area contributed by atoms with Gasteiger partial charge in [0.25, 0.3) is 0 Å². The molecule has 1 N–H and O–H groups in total. The Bertz CT molecular complexity index is 178. The Hall–Kier alpha value is -0.370. The van der Waals surface area contributed by atoms with Crippen LogP contribution in [0.1, 0.15) is 26.2 Å². The van der Waals surface area contributed by atoms with Crippen molar-refractivity contribution in [2.75, 3.05) is 13.1 Å². The van der Waals surface area contributed by atoms with E-state index in [1.165, 1.54) is 0 Å². The van der Waals surface area contributed by atoms with Gasteiger partial charge in [0.05, 0.1) is 0 Å². The van der Waals surface area contributed by atoms with Crippen LogP contribution in [0, 0.1) is 11.3 Å². The second kappa shape index (κ2) is 2.31. The van der Waals surface area contributed by atoms with E-state index in [2.05, 4.69) is 12.2 Å². The van der Waals surface area contributed by atoms with E-state index in [0.717, 1.165) is 32.4 Å². The minimum atomic E-state index is -0.0127. The minimum absolute atomic E-state index is 0.0127. The van der Waals surface area contributed by atoms with Crippen LogP contribution in [0.25, 0.3) is 0 Å². The fraction of sp³-hybridized carbons (Fsp3) is 0.889. The van der Waals surface area contributed by atoms with E-state index in [1.807, 2.05) is 0 Å². The maximum atomic E-state index is 11.7. The molecule has 1 aliphatic heterocycles. The van der Waals surface area contributed by atoms with Crippen LogP contribution in [-0.2, 0) is 4.79 Å². The second-order valence-corrected chi connectivity index (χ2v) is 4.13. The van der Waals surface area contributed by atoms with Crippen molar-refractivity contribution >= 4 is 5.78 Å². The summed E-state index contributed by atoms with van der Waals surface area (Å²) in [6.07, 6.45) is 3.34. The van der Waals surface area contributed by atoms with Gasteiger partial charge in [0, 0.05) is 17.9 Å². The highest BCUT2D eigenvalue weighted by Gasteiger charge is 2.43. The number of carbonyl (C=O) groups excluding carboxylic acids is 1. The Morgan fingerprint density at radius 3 is 2.73 bits per heavy atom. The first-order chi connectivity index (χ1) is 5.22. The molecule has 0 spiro atoms. The van der Waals surface area contributed by atoms with Crippen LogP contribution >= 0.6 is 0 Å². The van der Waals surface area contributed by atoms with Gasteiger partial charge in [-0.15, -0.1) is 0 Å². The van der Waals surface area contributed by atoms with Crippen LogP contribution in [0.4, 0.5) is 0 Å². The Kier molecular flexibility index (Phi) is 1.53. The third-order valence-corrected chi connectivity index (χ3v) is 2.91. The summed E-state index contributed by atoms with van der Waals surface area (Å²) in [5.41, 5.74) is -0.0127. The highest BCUT2D eigenvalue weighted by Crippen LogP contribution is 2.39. The first kappa shape index (κ1) is 7.29. The molecule has 2 nitrogen and oxygen atoms in total. The van der Waals surface area contributed by atoms with E-state index in [1.54, 1.807) is 0 Å². The molecule has 1 atom stereocenters. The van der Waals surface area contributed by atoms with E-state index in [4.69, 9.17) is 0 Å². The SMILES string of the molecule is CC1(C(=O)C2CC2)CCNC1. The number of rotatable bonds is 2. The normalized spacial score (nSPS) is 37.5. The zero-order chi connectivity index (χ0) is 7.90. The topological polar surface area (TPSA) is 29.1 Å². The first-order valence-corrected chi connectivity index (χ1v) is 4.47. The lowest BCUT2D eigenvalue weighted by atomic mass is 9.83. The summed E-state index contributed by atoms with van der Waals surface area (Å²) < 4.78 is 0. The molecule has 62 valence electrons. The molecule has 1 heterocycles. The van der Waals surface area contributed by atoms with Gasteiger partial charge in [-0.25, -0.2) is 0 Å². The summed E-state index contributed by atoms with van der Waals surface area (Å²) in [5, 5.41) is 3.26. The quantitative estimate of drug-likeness (QED) is 0.640. The standard InChI is InChI=1S/C9H15NO/c1-9(4-5-10-6-9)8(11)7-2-3-7/h7,10H,2-6H2,1H3.